The van der Waals surface area contributed by atoms with Gasteiger partial charge in [-0.1, -0.05) is 36.4 Å². The molecule has 0 unspecified atom stereocenters. The number of aliphatic hydroxyl groups is 1. The minimum atomic E-state index is -0.626. The molecule has 3 heteroatoms. The van der Waals surface area contributed by atoms with E-state index in [4.69, 9.17) is 9.47 Å². The lowest BCUT2D eigenvalue weighted by Gasteiger charge is -2.26. The van der Waals surface area contributed by atoms with Gasteiger partial charge in [-0.05, 0) is 17.6 Å². The third kappa shape index (κ3) is 1.78. The van der Waals surface area contributed by atoms with Crippen molar-refractivity contribution >= 4 is 6.08 Å². The highest BCUT2D eigenvalue weighted by Crippen LogP contribution is 2.32. The van der Waals surface area contributed by atoms with Crippen LogP contribution in [0.15, 0.2) is 35.9 Å². The molecule has 3 nitrogen and oxygen atoms in total. The van der Waals surface area contributed by atoms with E-state index in [1.165, 1.54) is 0 Å². The van der Waals surface area contributed by atoms with Crippen LogP contribution in [0.1, 0.15) is 12.0 Å². The van der Waals surface area contributed by atoms with Crippen molar-refractivity contribution in [3.05, 3.63) is 41.5 Å². The highest BCUT2D eigenvalue weighted by Gasteiger charge is 2.39. The van der Waals surface area contributed by atoms with Gasteiger partial charge in [0.25, 0.3) is 0 Å². The Kier molecular flexibility index (Phi) is 2.52. The van der Waals surface area contributed by atoms with Crippen LogP contribution < -0.4 is 0 Å². The lowest BCUT2D eigenvalue weighted by atomic mass is 9.98. The maximum absolute atomic E-state index is 10.00. The summed E-state index contributed by atoms with van der Waals surface area (Å²) in [4.78, 5) is 0. The molecule has 2 bridgehead atoms. The van der Waals surface area contributed by atoms with Crippen molar-refractivity contribution in [3.63, 3.8) is 0 Å². The molecule has 2 saturated heterocycles. The van der Waals surface area contributed by atoms with Crippen molar-refractivity contribution in [2.45, 2.75) is 24.9 Å². The normalized spacial score (nSPS) is 35.6. The molecule has 0 aliphatic carbocycles. The van der Waals surface area contributed by atoms with Crippen molar-refractivity contribution < 1.29 is 14.6 Å². The molecule has 1 aromatic carbocycles. The van der Waals surface area contributed by atoms with E-state index in [9.17, 15) is 5.11 Å². The summed E-state index contributed by atoms with van der Waals surface area (Å²) in [6, 6.07) is 10.0. The predicted molar refractivity (Wildman–Crippen MR) is 59.7 cm³/mol. The Morgan fingerprint density at radius 3 is 2.88 bits per heavy atom. The average Bonchev–Trinajstić information content (AvgIpc) is 2.72. The zero-order valence-corrected chi connectivity index (χ0v) is 8.87. The van der Waals surface area contributed by atoms with Crippen LogP contribution in [0.2, 0.25) is 0 Å². The van der Waals surface area contributed by atoms with Crippen molar-refractivity contribution in [2.24, 2.45) is 0 Å². The molecule has 0 amide bonds. The Bertz CT molecular complexity index is 399. The second-order valence-electron chi connectivity index (χ2n) is 4.24. The molecule has 1 aromatic rings. The first-order chi connectivity index (χ1) is 7.83. The van der Waals surface area contributed by atoms with E-state index < -0.39 is 12.4 Å². The fourth-order valence-electron chi connectivity index (χ4n) is 2.21. The van der Waals surface area contributed by atoms with E-state index >= 15 is 0 Å². The van der Waals surface area contributed by atoms with Gasteiger partial charge in [0.2, 0.25) is 0 Å². The number of hydrogen-bond acceptors (Lipinski definition) is 3. The molecule has 1 N–H and O–H groups in total. The van der Waals surface area contributed by atoms with Gasteiger partial charge < -0.3 is 14.6 Å². The van der Waals surface area contributed by atoms with E-state index in [1.54, 1.807) is 0 Å². The van der Waals surface area contributed by atoms with E-state index in [0.717, 1.165) is 17.6 Å². The van der Waals surface area contributed by atoms with E-state index in [2.05, 4.69) is 0 Å². The largest absolute Gasteiger partial charge is 0.383 e. The molecule has 84 valence electrons. The van der Waals surface area contributed by atoms with Gasteiger partial charge in [-0.15, -0.1) is 0 Å². The number of benzene rings is 1. The molecule has 16 heavy (non-hydrogen) atoms. The average molecular weight is 218 g/mol. The molecule has 0 saturated carbocycles. The first-order valence-corrected chi connectivity index (χ1v) is 5.53. The van der Waals surface area contributed by atoms with Crippen LogP contribution in [-0.2, 0) is 9.47 Å². The number of aliphatic hydroxyl groups excluding tert-OH is 1. The van der Waals surface area contributed by atoms with Crippen LogP contribution in [0.25, 0.3) is 6.08 Å². The Labute approximate surface area is 94.3 Å². The third-order valence-corrected chi connectivity index (χ3v) is 3.03. The van der Waals surface area contributed by atoms with Crippen LogP contribution in [0.5, 0.6) is 0 Å². The van der Waals surface area contributed by atoms with Crippen molar-refractivity contribution in [3.8, 4) is 0 Å². The van der Waals surface area contributed by atoms with E-state index in [-0.39, 0.29) is 6.10 Å². The molecular weight excluding hydrogens is 204 g/mol. The smallest absolute Gasteiger partial charge is 0.187 e. The summed E-state index contributed by atoms with van der Waals surface area (Å²) in [7, 11) is 0. The van der Waals surface area contributed by atoms with E-state index in [1.807, 2.05) is 36.4 Å². The van der Waals surface area contributed by atoms with Crippen LogP contribution in [0.4, 0.5) is 0 Å². The van der Waals surface area contributed by atoms with Gasteiger partial charge in [0.1, 0.15) is 6.10 Å². The van der Waals surface area contributed by atoms with Gasteiger partial charge in [-0.2, -0.15) is 0 Å². The Morgan fingerprint density at radius 1 is 1.25 bits per heavy atom. The fourth-order valence-corrected chi connectivity index (χ4v) is 2.21. The highest BCUT2D eigenvalue weighted by atomic mass is 16.7. The topological polar surface area (TPSA) is 38.7 Å². The summed E-state index contributed by atoms with van der Waals surface area (Å²) < 4.78 is 10.8. The Balaban J connectivity index is 1.87. The predicted octanol–water partition coefficient (Wildman–Crippen LogP) is 1.58. The van der Waals surface area contributed by atoms with Gasteiger partial charge in [-0.25, -0.2) is 0 Å². The van der Waals surface area contributed by atoms with Crippen molar-refractivity contribution in [1.82, 2.24) is 0 Å². The van der Waals surface area contributed by atoms with Gasteiger partial charge in [0, 0.05) is 0 Å². The Morgan fingerprint density at radius 2 is 2.06 bits per heavy atom. The number of hydrogen-bond donors (Lipinski definition) is 1. The zero-order chi connectivity index (χ0) is 11.0. The maximum Gasteiger partial charge on any atom is 0.187 e. The summed E-state index contributed by atoms with van der Waals surface area (Å²) >= 11 is 0. The zero-order valence-electron chi connectivity index (χ0n) is 8.87. The van der Waals surface area contributed by atoms with Crippen molar-refractivity contribution in [1.29, 1.82) is 0 Å². The summed E-state index contributed by atoms with van der Waals surface area (Å²) in [5.41, 5.74) is 2.11. The SMILES string of the molecule is O[C@H]1/C(=C/c2ccccc2)C[C@H]2CO[C@@H]1O2. The number of fused-ring (bicyclic) bond motifs is 2. The van der Waals surface area contributed by atoms with E-state index in [0.29, 0.717) is 6.61 Å². The summed E-state index contributed by atoms with van der Waals surface area (Å²) in [6.45, 7) is 0.591. The highest BCUT2D eigenvalue weighted by molar-refractivity contribution is 5.54. The molecule has 2 aliphatic heterocycles. The molecule has 0 radical (unpaired) electrons. The third-order valence-electron chi connectivity index (χ3n) is 3.03. The van der Waals surface area contributed by atoms with Crippen LogP contribution in [0, 0.1) is 0 Å². The molecule has 0 spiro atoms. The lowest BCUT2D eigenvalue weighted by Crippen LogP contribution is -2.34. The lowest BCUT2D eigenvalue weighted by molar-refractivity contribution is -0.131. The minimum Gasteiger partial charge on any atom is -0.383 e. The maximum atomic E-state index is 10.00. The molecule has 3 atom stereocenters. The van der Waals surface area contributed by atoms with Gasteiger partial charge in [0.05, 0.1) is 12.7 Å². The molecular formula is C13H14O3. The second kappa shape index (κ2) is 4.01. The van der Waals surface area contributed by atoms with Crippen molar-refractivity contribution in [2.75, 3.05) is 6.61 Å². The van der Waals surface area contributed by atoms with Gasteiger partial charge >= 0.3 is 0 Å². The summed E-state index contributed by atoms with van der Waals surface area (Å²) in [6.07, 6.45) is 1.81. The van der Waals surface area contributed by atoms with Gasteiger partial charge in [-0.3, -0.25) is 0 Å². The standard InChI is InChI=1S/C13H14O3/c14-12-10(6-9-4-2-1-3-5-9)7-11-8-15-13(12)16-11/h1-6,11-14H,7-8H2/b10-6+/t11-,12-,13+/m0/s1. The monoisotopic (exact) mass is 218 g/mol. The number of ether oxygens (including phenoxy) is 2. The molecule has 2 fully saturated rings. The molecule has 3 rings (SSSR count). The second-order valence-corrected chi connectivity index (χ2v) is 4.24. The first-order valence-electron chi connectivity index (χ1n) is 5.53. The molecule has 2 heterocycles. The molecule has 2 aliphatic rings. The van der Waals surface area contributed by atoms with Crippen LogP contribution in [-0.4, -0.2) is 30.2 Å². The summed E-state index contributed by atoms with van der Waals surface area (Å²) in [5, 5.41) is 10.00. The quantitative estimate of drug-likeness (QED) is 0.777. The minimum absolute atomic E-state index is 0.114. The first kappa shape index (κ1) is 10.0. The fraction of sp³-hybridized carbons (Fsp3) is 0.385. The van der Waals surface area contributed by atoms with Crippen LogP contribution in [0.3, 0.4) is 0 Å². The Hall–Kier alpha value is -1.16. The van der Waals surface area contributed by atoms with Crippen LogP contribution >= 0.6 is 0 Å². The number of rotatable bonds is 1. The molecule has 0 aromatic heterocycles. The summed E-state index contributed by atoms with van der Waals surface area (Å²) in [5.74, 6) is 0. The van der Waals surface area contributed by atoms with Gasteiger partial charge in [0.15, 0.2) is 6.29 Å².